The zero-order chi connectivity index (χ0) is 13.1. The average Bonchev–Trinajstić information content (AvgIpc) is 2.75. The molecular weight excluding hydrogens is 297 g/mol. The van der Waals surface area contributed by atoms with Crippen molar-refractivity contribution in [3.8, 4) is 0 Å². The molecule has 2 rings (SSSR count). The topological polar surface area (TPSA) is 29.9 Å². The fourth-order valence-corrected chi connectivity index (χ4v) is 2.31. The fraction of sp³-hybridized carbons (Fsp3) is 0.308. The fourth-order valence-electron chi connectivity index (χ4n) is 1.93. The SMILES string of the molecule is CNC(Cc1ccn(C)n1)c1cc(Br)ccc1F. The molecule has 1 aromatic carbocycles. The minimum Gasteiger partial charge on any atom is -0.313 e. The van der Waals surface area contributed by atoms with Crippen LogP contribution in [0, 0.1) is 5.82 Å². The van der Waals surface area contributed by atoms with Crippen molar-refractivity contribution in [1.82, 2.24) is 15.1 Å². The largest absolute Gasteiger partial charge is 0.313 e. The summed E-state index contributed by atoms with van der Waals surface area (Å²) in [6.07, 6.45) is 2.55. The molecule has 2 aromatic rings. The lowest BCUT2D eigenvalue weighted by atomic mass is 10.0. The smallest absolute Gasteiger partial charge is 0.128 e. The molecule has 5 heteroatoms. The first-order valence-corrected chi connectivity index (χ1v) is 6.50. The van der Waals surface area contributed by atoms with Crippen LogP contribution >= 0.6 is 15.9 Å². The number of hydrogen-bond donors (Lipinski definition) is 1. The van der Waals surface area contributed by atoms with E-state index in [-0.39, 0.29) is 11.9 Å². The average molecular weight is 312 g/mol. The van der Waals surface area contributed by atoms with E-state index in [4.69, 9.17) is 0 Å². The van der Waals surface area contributed by atoms with Crippen molar-refractivity contribution in [2.45, 2.75) is 12.5 Å². The van der Waals surface area contributed by atoms with E-state index in [1.807, 2.05) is 26.4 Å². The van der Waals surface area contributed by atoms with Gasteiger partial charge in [-0.1, -0.05) is 15.9 Å². The number of benzene rings is 1. The van der Waals surface area contributed by atoms with Gasteiger partial charge in [0.15, 0.2) is 0 Å². The number of nitrogens with one attached hydrogen (secondary N) is 1. The Morgan fingerprint density at radius 3 is 2.83 bits per heavy atom. The lowest BCUT2D eigenvalue weighted by Crippen LogP contribution is -2.20. The molecule has 0 saturated heterocycles. The van der Waals surface area contributed by atoms with E-state index >= 15 is 0 Å². The maximum absolute atomic E-state index is 13.8. The highest BCUT2D eigenvalue weighted by molar-refractivity contribution is 9.10. The number of likely N-dealkylation sites (N-methyl/N-ethyl adjacent to an activating group) is 1. The Hall–Kier alpha value is -1.20. The van der Waals surface area contributed by atoms with Crippen LogP contribution in [0.4, 0.5) is 4.39 Å². The zero-order valence-corrected chi connectivity index (χ0v) is 11.9. The molecule has 1 heterocycles. The van der Waals surface area contributed by atoms with E-state index in [2.05, 4.69) is 26.3 Å². The summed E-state index contributed by atoms with van der Waals surface area (Å²) in [5.41, 5.74) is 1.59. The van der Waals surface area contributed by atoms with Gasteiger partial charge in [0.05, 0.1) is 5.69 Å². The molecule has 0 bridgehead atoms. The van der Waals surface area contributed by atoms with E-state index in [1.165, 1.54) is 6.07 Å². The molecule has 0 aliphatic rings. The molecular formula is C13H15BrFN3. The van der Waals surface area contributed by atoms with Crippen LogP contribution in [0.1, 0.15) is 17.3 Å². The Morgan fingerprint density at radius 2 is 2.22 bits per heavy atom. The highest BCUT2D eigenvalue weighted by Gasteiger charge is 2.16. The third-order valence-electron chi connectivity index (χ3n) is 2.86. The molecule has 1 N–H and O–H groups in total. The van der Waals surface area contributed by atoms with Gasteiger partial charge in [-0.05, 0) is 31.3 Å². The van der Waals surface area contributed by atoms with Crippen LogP contribution in [-0.2, 0) is 13.5 Å². The maximum atomic E-state index is 13.8. The predicted molar refractivity (Wildman–Crippen MR) is 72.8 cm³/mol. The first kappa shape index (κ1) is 13.2. The minimum absolute atomic E-state index is 0.0857. The second-order valence-electron chi connectivity index (χ2n) is 4.19. The Morgan fingerprint density at radius 1 is 1.44 bits per heavy atom. The summed E-state index contributed by atoms with van der Waals surface area (Å²) in [7, 11) is 3.70. The van der Waals surface area contributed by atoms with Crippen molar-refractivity contribution in [2.24, 2.45) is 7.05 Å². The maximum Gasteiger partial charge on any atom is 0.128 e. The van der Waals surface area contributed by atoms with Gasteiger partial charge in [-0.15, -0.1) is 0 Å². The Bertz CT molecular complexity index is 539. The number of hydrogen-bond acceptors (Lipinski definition) is 2. The first-order valence-electron chi connectivity index (χ1n) is 5.71. The standard InChI is InChI=1S/C13H15BrFN3/c1-16-13(8-10-5-6-18(2)17-10)11-7-9(14)3-4-12(11)15/h3-7,13,16H,8H2,1-2H3. The summed E-state index contributed by atoms with van der Waals surface area (Å²) in [5.74, 6) is -0.200. The van der Waals surface area contributed by atoms with Gasteiger partial charge in [-0.25, -0.2) is 4.39 Å². The molecule has 0 aliphatic heterocycles. The van der Waals surface area contributed by atoms with Crippen LogP contribution in [0.25, 0.3) is 0 Å². The van der Waals surface area contributed by atoms with Crippen LogP contribution in [0.5, 0.6) is 0 Å². The molecule has 1 unspecified atom stereocenters. The lowest BCUT2D eigenvalue weighted by molar-refractivity contribution is 0.527. The van der Waals surface area contributed by atoms with Crippen LogP contribution in [0.15, 0.2) is 34.9 Å². The summed E-state index contributed by atoms with van der Waals surface area (Å²) in [5, 5.41) is 7.45. The highest BCUT2D eigenvalue weighted by Crippen LogP contribution is 2.24. The van der Waals surface area contributed by atoms with E-state index in [9.17, 15) is 4.39 Å². The Kier molecular flexibility index (Phi) is 4.14. The Balaban J connectivity index is 2.25. The molecule has 0 radical (unpaired) electrons. The summed E-state index contributed by atoms with van der Waals surface area (Å²) in [6, 6.07) is 6.84. The van der Waals surface area contributed by atoms with Crippen molar-refractivity contribution >= 4 is 15.9 Å². The first-order chi connectivity index (χ1) is 8.60. The van der Waals surface area contributed by atoms with Crippen molar-refractivity contribution in [3.05, 3.63) is 52.0 Å². The summed E-state index contributed by atoms with van der Waals surface area (Å²) in [4.78, 5) is 0. The predicted octanol–water partition coefficient (Wildman–Crippen LogP) is 2.82. The molecule has 0 saturated carbocycles. The second kappa shape index (κ2) is 5.63. The molecule has 96 valence electrons. The van der Waals surface area contributed by atoms with Gasteiger partial charge in [0.2, 0.25) is 0 Å². The van der Waals surface area contributed by atoms with Crippen molar-refractivity contribution < 1.29 is 4.39 Å². The number of aryl methyl sites for hydroxylation is 1. The van der Waals surface area contributed by atoms with Crippen molar-refractivity contribution in [1.29, 1.82) is 0 Å². The Labute approximate surface area is 114 Å². The monoisotopic (exact) mass is 311 g/mol. The van der Waals surface area contributed by atoms with Gasteiger partial charge in [-0.3, -0.25) is 4.68 Å². The van der Waals surface area contributed by atoms with Crippen LogP contribution < -0.4 is 5.32 Å². The normalized spacial score (nSPS) is 12.7. The van der Waals surface area contributed by atoms with Crippen LogP contribution in [0.2, 0.25) is 0 Å². The summed E-state index contributed by atoms with van der Waals surface area (Å²) >= 11 is 3.37. The van der Waals surface area contributed by atoms with Gasteiger partial charge >= 0.3 is 0 Å². The minimum atomic E-state index is -0.200. The van der Waals surface area contributed by atoms with E-state index < -0.39 is 0 Å². The molecule has 18 heavy (non-hydrogen) atoms. The molecule has 0 aliphatic carbocycles. The number of aromatic nitrogens is 2. The number of halogens is 2. The van der Waals surface area contributed by atoms with E-state index in [1.54, 1.807) is 16.8 Å². The number of rotatable bonds is 4. The molecule has 0 amide bonds. The third kappa shape index (κ3) is 2.97. The van der Waals surface area contributed by atoms with Gasteiger partial charge in [0.1, 0.15) is 5.82 Å². The number of nitrogens with zero attached hydrogens (tertiary/aromatic N) is 2. The molecule has 0 fully saturated rings. The molecule has 3 nitrogen and oxygen atoms in total. The van der Waals surface area contributed by atoms with Crippen molar-refractivity contribution in [2.75, 3.05) is 7.05 Å². The quantitative estimate of drug-likeness (QED) is 0.941. The van der Waals surface area contributed by atoms with E-state index in [0.717, 1.165) is 10.2 Å². The second-order valence-corrected chi connectivity index (χ2v) is 5.11. The van der Waals surface area contributed by atoms with Gasteiger partial charge in [-0.2, -0.15) is 5.10 Å². The lowest BCUT2D eigenvalue weighted by Gasteiger charge is -2.16. The molecule has 1 aromatic heterocycles. The van der Waals surface area contributed by atoms with Crippen LogP contribution in [-0.4, -0.2) is 16.8 Å². The van der Waals surface area contributed by atoms with E-state index in [0.29, 0.717) is 12.0 Å². The van der Waals surface area contributed by atoms with Crippen molar-refractivity contribution in [3.63, 3.8) is 0 Å². The highest BCUT2D eigenvalue weighted by atomic mass is 79.9. The molecule has 1 atom stereocenters. The zero-order valence-electron chi connectivity index (χ0n) is 10.3. The van der Waals surface area contributed by atoms with Crippen LogP contribution in [0.3, 0.4) is 0 Å². The summed E-state index contributed by atoms with van der Waals surface area (Å²) < 4.78 is 16.5. The third-order valence-corrected chi connectivity index (χ3v) is 3.36. The summed E-state index contributed by atoms with van der Waals surface area (Å²) in [6.45, 7) is 0. The van der Waals surface area contributed by atoms with Gasteiger partial charge < -0.3 is 5.32 Å². The van der Waals surface area contributed by atoms with Gasteiger partial charge in [0, 0.05) is 35.7 Å². The van der Waals surface area contributed by atoms with Gasteiger partial charge in [0.25, 0.3) is 0 Å². The molecule has 0 spiro atoms.